The minimum Gasteiger partial charge on any atom is -0.365 e. The number of rotatable bonds is 4. The summed E-state index contributed by atoms with van der Waals surface area (Å²) in [7, 11) is 0. The van der Waals surface area contributed by atoms with Gasteiger partial charge in [-0.25, -0.2) is 0 Å². The normalized spacial score (nSPS) is 23.7. The fourth-order valence-corrected chi connectivity index (χ4v) is 3.74. The number of nitrogens with zero attached hydrogens (tertiary/aromatic N) is 1. The van der Waals surface area contributed by atoms with Crippen molar-refractivity contribution in [1.82, 2.24) is 5.32 Å². The maximum Gasteiger partial charge on any atom is 0.0650 e. The standard InChI is InChI=1S/C15H22ClIN2/c1-3-5-12-10-19(13(4-2)9-18-12)15-7-6-11(17)8-14(15)16/h6-8,12-13,18H,3-5,9-10H2,1-2H3. The Morgan fingerprint density at radius 3 is 2.84 bits per heavy atom. The quantitative estimate of drug-likeness (QED) is 0.769. The number of halogens is 2. The van der Waals surface area contributed by atoms with Gasteiger partial charge in [-0.3, -0.25) is 0 Å². The van der Waals surface area contributed by atoms with Crippen molar-refractivity contribution in [3.8, 4) is 0 Å². The van der Waals surface area contributed by atoms with Gasteiger partial charge in [-0.15, -0.1) is 0 Å². The smallest absolute Gasteiger partial charge is 0.0650 e. The Morgan fingerprint density at radius 2 is 2.21 bits per heavy atom. The fourth-order valence-electron chi connectivity index (χ4n) is 2.78. The highest BCUT2D eigenvalue weighted by Crippen LogP contribution is 2.31. The Bertz CT molecular complexity index is 425. The van der Waals surface area contributed by atoms with Crippen LogP contribution in [0.5, 0.6) is 0 Å². The molecule has 1 N–H and O–H groups in total. The fraction of sp³-hybridized carbons (Fsp3) is 0.600. The molecule has 1 aromatic carbocycles. The van der Waals surface area contributed by atoms with Gasteiger partial charge in [-0.2, -0.15) is 0 Å². The number of hydrogen-bond acceptors (Lipinski definition) is 2. The zero-order valence-electron chi connectivity index (χ0n) is 11.6. The summed E-state index contributed by atoms with van der Waals surface area (Å²) in [6, 6.07) is 7.50. The molecule has 2 nitrogen and oxygen atoms in total. The predicted octanol–water partition coefficient (Wildman–Crippen LogP) is 4.30. The third-order valence-electron chi connectivity index (χ3n) is 3.83. The second-order valence-electron chi connectivity index (χ2n) is 5.20. The molecule has 0 saturated carbocycles. The van der Waals surface area contributed by atoms with Crippen LogP contribution < -0.4 is 10.2 Å². The van der Waals surface area contributed by atoms with Crippen LogP contribution in [-0.4, -0.2) is 25.2 Å². The summed E-state index contributed by atoms with van der Waals surface area (Å²) in [6.07, 6.45) is 3.60. The zero-order valence-corrected chi connectivity index (χ0v) is 14.5. The Morgan fingerprint density at radius 1 is 1.42 bits per heavy atom. The molecule has 2 atom stereocenters. The first-order valence-corrected chi connectivity index (χ1v) is 8.56. The van der Waals surface area contributed by atoms with Gasteiger partial charge in [-0.1, -0.05) is 31.9 Å². The van der Waals surface area contributed by atoms with Crippen LogP contribution in [0.15, 0.2) is 18.2 Å². The average molecular weight is 393 g/mol. The van der Waals surface area contributed by atoms with Gasteiger partial charge in [0.2, 0.25) is 0 Å². The highest BCUT2D eigenvalue weighted by atomic mass is 127. The summed E-state index contributed by atoms with van der Waals surface area (Å²) in [6.45, 7) is 6.62. The largest absolute Gasteiger partial charge is 0.365 e. The summed E-state index contributed by atoms with van der Waals surface area (Å²) < 4.78 is 1.19. The molecule has 1 aliphatic rings. The van der Waals surface area contributed by atoms with Crippen LogP contribution >= 0.6 is 34.2 Å². The van der Waals surface area contributed by atoms with E-state index in [4.69, 9.17) is 11.6 Å². The van der Waals surface area contributed by atoms with Crippen molar-refractivity contribution < 1.29 is 0 Å². The van der Waals surface area contributed by atoms with E-state index in [9.17, 15) is 0 Å². The molecule has 2 unspecified atom stereocenters. The topological polar surface area (TPSA) is 15.3 Å². The predicted molar refractivity (Wildman–Crippen MR) is 92.3 cm³/mol. The minimum atomic E-state index is 0.547. The van der Waals surface area contributed by atoms with Crippen LogP contribution in [0.1, 0.15) is 33.1 Å². The number of hydrogen-bond donors (Lipinski definition) is 1. The lowest BCUT2D eigenvalue weighted by atomic mass is 10.0. The first kappa shape index (κ1) is 15.4. The van der Waals surface area contributed by atoms with Gasteiger partial charge >= 0.3 is 0 Å². The maximum absolute atomic E-state index is 6.44. The summed E-state index contributed by atoms with van der Waals surface area (Å²) in [5.41, 5.74) is 1.19. The van der Waals surface area contributed by atoms with E-state index in [-0.39, 0.29) is 0 Å². The van der Waals surface area contributed by atoms with Crippen molar-refractivity contribution in [3.05, 3.63) is 26.8 Å². The third-order valence-corrected chi connectivity index (χ3v) is 4.80. The molecule has 0 bridgehead atoms. The van der Waals surface area contributed by atoms with Crippen molar-refractivity contribution in [3.63, 3.8) is 0 Å². The van der Waals surface area contributed by atoms with E-state index in [1.54, 1.807) is 0 Å². The van der Waals surface area contributed by atoms with Gasteiger partial charge in [-0.05, 0) is 53.6 Å². The van der Waals surface area contributed by atoms with Gasteiger partial charge in [0.05, 0.1) is 10.7 Å². The van der Waals surface area contributed by atoms with Crippen LogP contribution in [0, 0.1) is 3.57 Å². The highest BCUT2D eigenvalue weighted by molar-refractivity contribution is 14.1. The number of nitrogens with one attached hydrogen (secondary N) is 1. The lowest BCUT2D eigenvalue weighted by Crippen LogP contribution is -2.56. The van der Waals surface area contributed by atoms with E-state index in [2.05, 4.69) is 64.9 Å². The van der Waals surface area contributed by atoms with Crippen LogP contribution in [0.3, 0.4) is 0 Å². The van der Waals surface area contributed by atoms with Gasteiger partial charge < -0.3 is 10.2 Å². The Kier molecular flexibility index (Phi) is 5.78. The molecule has 19 heavy (non-hydrogen) atoms. The van der Waals surface area contributed by atoms with E-state index < -0.39 is 0 Å². The van der Waals surface area contributed by atoms with Crippen molar-refractivity contribution in [1.29, 1.82) is 0 Å². The monoisotopic (exact) mass is 392 g/mol. The van der Waals surface area contributed by atoms with Crippen LogP contribution in [-0.2, 0) is 0 Å². The lowest BCUT2D eigenvalue weighted by Gasteiger charge is -2.42. The SMILES string of the molecule is CCCC1CN(c2ccc(I)cc2Cl)C(CC)CN1. The second kappa shape index (κ2) is 7.14. The molecule has 2 rings (SSSR count). The Balaban J connectivity index is 2.22. The summed E-state index contributed by atoms with van der Waals surface area (Å²) >= 11 is 8.75. The maximum atomic E-state index is 6.44. The molecule has 0 aliphatic carbocycles. The number of piperazine rings is 1. The van der Waals surface area contributed by atoms with Crippen LogP contribution in [0.25, 0.3) is 0 Å². The van der Waals surface area contributed by atoms with Gasteiger partial charge in [0.15, 0.2) is 0 Å². The number of benzene rings is 1. The first-order chi connectivity index (χ1) is 9.15. The molecule has 4 heteroatoms. The second-order valence-corrected chi connectivity index (χ2v) is 6.86. The molecular formula is C15H22ClIN2. The van der Waals surface area contributed by atoms with Gasteiger partial charge in [0, 0.05) is 28.7 Å². The number of anilines is 1. The molecule has 1 aliphatic heterocycles. The van der Waals surface area contributed by atoms with Crippen LogP contribution in [0.2, 0.25) is 5.02 Å². The zero-order chi connectivity index (χ0) is 13.8. The molecular weight excluding hydrogens is 371 g/mol. The molecule has 1 saturated heterocycles. The molecule has 0 radical (unpaired) electrons. The van der Waals surface area contributed by atoms with Crippen molar-refractivity contribution in [2.75, 3.05) is 18.0 Å². The summed E-state index contributed by atoms with van der Waals surface area (Å²) in [5.74, 6) is 0. The van der Waals surface area contributed by atoms with Crippen molar-refractivity contribution >= 4 is 39.9 Å². The molecule has 1 heterocycles. The van der Waals surface area contributed by atoms with E-state index in [0.717, 1.165) is 24.5 Å². The first-order valence-electron chi connectivity index (χ1n) is 7.10. The summed E-state index contributed by atoms with van der Waals surface area (Å²) in [5, 5.41) is 4.54. The van der Waals surface area contributed by atoms with Crippen molar-refractivity contribution in [2.24, 2.45) is 0 Å². The van der Waals surface area contributed by atoms with Gasteiger partial charge in [0.25, 0.3) is 0 Å². The lowest BCUT2D eigenvalue weighted by molar-refractivity contribution is 0.369. The van der Waals surface area contributed by atoms with E-state index in [1.165, 1.54) is 22.1 Å². The molecule has 1 fully saturated rings. The van der Waals surface area contributed by atoms with Gasteiger partial charge in [0.1, 0.15) is 0 Å². The molecule has 0 amide bonds. The highest BCUT2D eigenvalue weighted by Gasteiger charge is 2.27. The molecule has 0 spiro atoms. The summed E-state index contributed by atoms with van der Waals surface area (Å²) in [4.78, 5) is 2.50. The molecule has 106 valence electrons. The minimum absolute atomic E-state index is 0.547. The van der Waals surface area contributed by atoms with E-state index in [0.29, 0.717) is 12.1 Å². The van der Waals surface area contributed by atoms with E-state index in [1.807, 2.05) is 0 Å². The molecule has 0 aromatic heterocycles. The third kappa shape index (κ3) is 3.76. The van der Waals surface area contributed by atoms with Crippen LogP contribution in [0.4, 0.5) is 5.69 Å². The average Bonchev–Trinajstić information content (AvgIpc) is 2.39. The Labute approximate surface area is 135 Å². The van der Waals surface area contributed by atoms with E-state index >= 15 is 0 Å². The Hall–Kier alpha value is -0.000000000000000132. The molecule has 1 aromatic rings. The van der Waals surface area contributed by atoms with Crippen molar-refractivity contribution in [2.45, 2.75) is 45.2 Å².